The van der Waals surface area contributed by atoms with Crippen LogP contribution in [0.25, 0.3) is 0 Å². The number of hydrogen-bond donors (Lipinski definition) is 2. The molecule has 29 heavy (non-hydrogen) atoms. The number of methoxy groups -OCH3 is 1. The Hall–Kier alpha value is -3.18. The second-order valence-corrected chi connectivity index (χ2v) is 6.46. The lowest BCUT2D eigenvalue weighted by atomic mass is 10.1. The van der Waals surface area contributed by atoms with E-state index in [9.17, 15) is 9.59 Å². The molecule has 2 aromatic rings. The zero-order valence-electron chi connectivity index (χ0n) is 15.8. The van der Waals surface area contributed by atoms with E-state index in [1.807, 2.05) is 0 Å². The summed E-state index contributed by atoms with van der Waals surface area (Å²) < 4.78 is 22.7. The molecule has 3 heterocycles. The molecule has 0 bridgehead atoms. The average Bonchev–Trinajstić information content (AvgIpc) is 3.13. The van der Waals surface area contributed by atoms with E-state index in [0.29, 0.717) is 49.4 Å². The number of rotatable bonds is 7. The van der Waals surface area contributed by atoms with Gasteiger partial charge in [0, 0.05) is 18.9 Å². The van der Waals surface area contributed by atoms with Crippen LogP contribution in [0.3, 0.4) is 0 Å². The minimum atomic E-state index is -0.827. The molecule has 2 N–H and O–H groups in total. The van der Waals surface area contributed by atoms with Gasteiger partial charge in [-0.1, -0.05) is 0 Å². The summed E-state index contributed by atoms with van der Waals surface area (Å²) in [5, 5.41) is 9.74. The Morgan fingerprint density at radius 1 is 1.31 bits per heavy atom. The van der Waals surface area contributed by atoms with Gasteiger partial charge in [0.2, 0.25) is 17.8 Å². The van der Waals surface area contributed by atoms with Gasteiger partial charge in [-0.15, -0.1) is 0 Å². The van der Waals surface area contributed by atoms with Crippen molar-refractivity contribution in [3.05, 3.63) is 24.0 Å². The first kappa shape index (κ1) is 19.2. The fraction of sp³-hybridized carbons (Fsp3) is 0.444. The summed E-state index contributed by atoms with van der Waals surface area (Å²) in [6.07, 6.45) is -0.0449. The van der Waals surface area contributed by atoms with Gasteiger partial charge < -0.3 is 24.3 Å². The van der Waals surface area contributed by atoms with Crippen LogP contribution in [0.2, 0.25) is 0 Å². The van der Waals surface area contributed by atoms with Crippen LogP contribution in [0.4, 0.5) is 11.6 Å². The normalized spacial score (nSPS) is 17.4. The predicted molar refractivity (Wildman–Crippen MR) is 99.9 cm³/mol. The zero-order chi connectivity index (χ0) is 20.2. The molecule has 0 fully saturated rings. The minimum absolute atomic E-state index is 0.0449. The van der Waals surface area contributed by atoms with Crippen molar-refractivity contribution in [3.63, 3.8) is 0 Å². The van der Waals surface area contributed by atoms with Crippen LogP contribution in [0.5, 0.6) is 11.5 Å². The fourth-order valence-corrected chi connectivity index (χ4v) is 3.03. The van der Waals surface area contributed by atoms with Crippen LogP contribution in [0.15, 0.2) is 18.2 Å². The van der Waals surface area contributed by atoms with E-state index in [-0.39, 0.29) is 30.8 Å². The Morgan fingerprint density at radius 2 is 2.14 bits per heavy atom. The fourth-order valence-electron chi connectivity index (χ4n) is 3.03. The summed E-state index contributed by atoms with van der Waals surface area (Å²) in [5.74, 6) is 1.09. The van der Waals surface area contributed by atoms with Gasteiger partial charge >= 0.3 is 0 Å². The van der Waals surface area contributed by atoms with Crippen molar-refractivity contribution in [2.24, 2.45) is 0 Å². The van der Waals surface area contributed by atoms with Crippen molar-refractivity contribution in [2.45, 2.75) is 19.1 Å². The first-order chi connectivity index (χ1) is 14.1. The highest BCUT2D eigenvalue weighted by Gasteiger charge is 2.33. The van der Waals surface area contributed by atoms with Gasteiger partial charge in [-0.25, -0.2) is 4.68 Å². The zero-order valence-corrected chi connectivity index (χ0v) is 15.8. The van der Waals surface area contributed by atoms with Gasteiger partial charge in [0.1, 0.15) is 25.9 Å². The smallest absolute Gasteiger partial charge is 0.249 e. The van der Waals surface area contributed by atoms with E-state index in [0.717, 1.165) is 0 Å². The van der Waals surface area contributed by atoms with Crippen LogP contribution < -0.4 is 20.1 Å². The van der Waals surface area contributed by atoms with Crippen LogP contribution >= 0.6 is 0 Å². The Morgan fingerprint density at radius 3 is 2.97 bits per heavy atom. The van der Waals surface area contributed by atoms with Crippen LogP contribution in [-0.2, 0) is 25.7 Å². The van der Waals surface area contributed by atoms with E-state index >= 15 is 0 Å². The number of benzene rings is 1. The molecule has 4 rings (SSSR count). The Kier molecular flexibility index (Phi) is 5.58. The molecule has 0 spiro atoms. The van der Waals surface area contributed by atoms with Crippen molar-refractivity contribution in [1.29, 1.82) is 0 Å². The quantitative estimate of drug-likeness (QED) is 0.648. The minimum Gasteiger partial charge on any atom is -0.486 e. The lowest BCUT2D eigenvalue weighted by molar-refractivity contribution is -0.125. The molecule has 2 amide bonds. The Bertz CT molecular complexity index is 914. The number of aromatic nitrogens is 3. The van der Waals surface area contributed by atoms with Gasteiger partial charge in [0.15, 0.2) is 17.3 Å². The maximum Gasteiger partial charge on any atom is 0.249 e. The summed E-state index contributed by atoms with van der Waals surface area (Å²) in [5.41, 5.74) is 0.537. The second kappa shape index (κ2) is 8.45. The molecule has 0 radical (unpaired) electrons. The van der Waals surface area contributed by atoms with Crippen molar-refractivity contribution in [1.82, 2.24) is 14.8 Å². The molecular weight excluding hydrogens is 382 g/mol. The predicted octanol–water partition coefficient (Wildman–Crippen LogP) is 0.734. The largest absolute Gasteiger partial charge is 0.486 e. The van der Waals surface area contributed by atoms with E-state index < -0.39 is 6.04 Å². The molecule has 1 aromatic heterocycles. The molecular formula is C18H21N5O6. The van der Waals surface area contributed by atoms with Gasteiger partial charge in [-0.2, -0.15) is 10.1 Å². The third kappa shape index (κ3) is 4.30. The van der Waals surface area contributed by atoms with Crippen molar-refractivity contribution < 1.29 is 28.5 Å². The Labute approximate surface area is 166 Å². The van der Waals surface area contributed by atoms with E-state index in [1.54, 1.807) is 25.3 Å². The maximum atomic E-state index is 12.9. The summed E-state index contributed by atoms with van der Waals surface area (Å²) >= 11 is 0. The lowest BCUT2D eigenvalue weighted by Gasteiger charge is -2.23. The van der Waals surface area contributed by atoms with E-state index in [1.165, 1.54) is 4.68 Å². The summed E-state index contributed by atoms with van der Waals surface area (Å²) in [6, 6.07) is 4.30. The van der Waals surface area contributed by atoms with Crippen molar-refractivity contribution in [3.8, 4) is 11.5 Å². The number of carbonyl (C=O) groups excluding carboxylic acids is 2. The number of nitrogens with zero attached hydrogens (tertiary/aromatic N) is 3. The molecule has 11 heteroatoms. The average molecular weight is 403 g/mol. The first-order valence-electron chi connectivity index (χ1n) is 9.16. The van der Waals surface area contributed by atoms with Gasteiger partial charge in [0.05, 0.1) is 19.6 Å². The van der Waals surface area contributed by atoms with Gasteiger partial charge in [-0.05, 0) is 12.1 Å². The number of fused-ring (bicyclic) bond motifs is 2. The third-order valence-electron chi connectivity index (χ3n) is 4.38. The van der Waals surface area contributed by atoms with E-state index in [4.69, 9.17) is 18.9 Å². The van der Waals surface area contributed by atoms with Gasteiger partial charge in [0.25, 0.3) is 0 Å². The van der Waals surface area contributed by atoms with Crippen LogP contribution in [-0.4, -0.2) is 60.1 Å². The Balaban J connectivity index is 1.47. The maximum absolute atomic E-state index is 12.9. The molecule has 11 nitrogen and oxygen atoms in total. The molecule has 0 saturated heterocycles. The second-order valence-electron chi connectivity index (χ2n) is 6.46. The number of carbonyl (C=O) groups is 2. The monoisotopic (exact) mass is 403 g/mol. The highest BCUT2D eigenvalue weighted by molar-refractivity contribution is 6.00. The molecule has 0 unspecified atom stereocenters. The number of hydrogen-bond acceptors (Lipinski definition) is 8. The van der Waals surface area contributed by atoms with E-state index in [2.05, 4.69) is 20.7 Å². The van der Waals surface area contributed by atoms with Crippen molar-refractivity contribution >= 4 is 23.5 Å². The van der Waals surface area contributed by atoms with Crippen LogP contribution in [0, 0.1) is 0 Å². The number of anilines is 2. The summed E-state index contributed by atoms with van der Waals surface area (Å²) in [7, 11) is 1.58. The SMILES string of the molecule is COCCOCc1nc2n(n1)[C@@H](C(=O)Nc1ccc3c(c1)OCCO3)CC(=O)N2. The number of ether oxygens (including phenoxy) is 4. The summed E-state index contributed by atoms with van der Waals surface area (Å²) in [4.78, 5) is 29.1. The summed E-state index contributed by atoms with van der Waals surface area (Å²) in [6.45, 7) is 1.93. The molecule has 0 saturated carbocycles. The highest BCUT2D eigenvalue weighted by Crippen LogP contribution is 2.33. The third-order valence-corrected chi connectivity index (χ3v) is 4.38. The molecule has 1 aromatic carbocycles. The number of amides is 2. The van der Waals surface area contributed by atoms with Gasteiger partial charge in [-0.3, -0.25) is 14.9 Å². The molecule has 2 aliphatic rings. The molecule has 2 aliphatic heterocycles. The lowest BCUT2D eigenvalue weighted by Crippen LogP contribution is -2.36. The number of nitrogens with one attached hydrogen (secondary N) is 2. The molecule has 154 valence electrons. The molecule has 1 atom stereocenters. The standard InChI is InChI=1S/C18H21N5O6/c1-26-4-5-27-10-15-20-18-21-16(24)9-12(23(18)22-15)17(25)19-11-2-3-13-14(8-11)29-7-6-28-13/h2-3,8,12H,4-7,9-10H2,1H3,(H,19,25)(H,20,21,22,24)/t12-/m1/s1. The van der Waals surface area contributed by atoms with Crippen molar-refractivity contribution in [2.75, 3.05) is 44.2 Å². The molecule has 0 aliphatic carbocycles. The topological polar surface area (TPSA) is 126 Å². The highest BCUT2D eigenvalue weighted by atomic mass is 16.6. The first-order valence-corrected chi connectivity index (χ1v) is 9.16. The van der Waals surface area contributed by atoms with Crippen LogP contribution in [0.1, 0.15) is 18.3 Å².